The fourth-order valence-electron chi connectivity index (χ4n) is 1.20. The van der Waals surface area contributed by atoms with Crippen molar-refractivity contribution in [2.45, 2.75) is 18.4 Å². The molecule has 0 N–H and O–H groups in total. The molecule has 1 rings (SSSR count). The predicted molar refractivity (Wildman–Crippen MR) is 66.3 cm³/mol. The molecular formula is C12H15BrO3. The molecule has 0 aliphatic heterocycles. The maximum atomic E-state index is 11.8. The molecule has 0 saturated heterocycles. The third kappa shape index (κ3) is 3.61. The summed E-state index contributed by atoms with van der Waals surface area (Å²) in [6.07, 6.45) is 0.942. The monoisotopic (exact) mass is 286 g/mol. The van der Waals surface area contributed by atoms with Gasteiger partial charge in [-0.1, -0.05) is 19.1 Å². The fourth-order valence-corrected chi connectivity index (χ4v) is 1.46. The van der Waals surface area contributed by atoms with Crippen molar-refractivity contribution in [2.75, 3.05) is 13.7 Å². The smallest absolute Gasteiger partial charge is 0.202 e. The Labute approximate surface area is 104 Å². The van der Waals surface area contributed by atoms with E-state index >= 15 is 0 Å². The van der Waals surface area contributed by atoms with Crippen LogP contribution in [-0.4, -0.2) is 24.5 Å². The molecule has 88 valence electrons. The van der Waals surface area contributed by atoms with Gasteiger partial charge in [0.05, 0.1) is 6.61 Å². The summed E-state index contributed by atoms with van der Waals surface area (Å²) in [5, 5.41) is -0.603. The molecule has 1 aromatic carbocycles. The van der Waals surface area contributed by atoms with Gasteiger partial charge in [-0.05, 0) is 34.5 Å². The minimum Gasteiger partial charge on any atom is -0.494 e. The highest BCUT2D eigenvalue weighted by Crippen LogP contribution is 2.17. The average Bonchev–Trinajstić information content (AvgIpc) is 2.34. The van der Waals surface area contributed by atoms with Crippen LogP contribution < -0.4 is 4.74 Å². The van der Waals surface area contributed by atoms with Gasteiger partial charge in [-0.2, -0.15) is 0 Å². The summed E-state index contributed by atoms with van der Waals surface area (Å²) in [5.74, 6) is 0.605. The molecule has 0 fully saturated rings. The number of ether oxygens (including phenoxy) is 2. The molecular weight excluding hydrogens is 272 g/mol. The highest BCUT2D eigenvalue weighted by atomic mass is 79.9. The molecule has 1 unspecified atom stereocenters. The number of ketones is 1. The predicted octanol–water partition coefficient (Wildman–Crippen LogP) is 3.03. The molecule has 3 nitrogen and oxygen atoms in total. The Balaban J connectivity index is 2.77. The van der Waals surface area contributed by atoms with Crippen LogP contribution in [0.3, 0.4) is 0 Å². The molecule has 1 atom stereocenters. The summed E-state index contributed by atoms with van der Waals surface area (Å²) in [7, 11) is 1.48. The van der Waals surface area contributed by atoms with Crippen LogP contribution in [0.5, 0.6) is 5.75 Å². The lowest BCUT2D eigenvalue weighted by Gasteiger charge is -2.09. The summed E-state index contributed by atoms with van der Waals surface area (Å²) in [5.41, 5.74) is 0.581. The van der Waals surface area contributed by atoms with E-state index < -0.39 is 5.01 Å². The number of methoxy groups -OCH3 is 1. The van der Waals surface area contributed by atoms with Crippen LogP contribution in [0.15, 0.2) is 24.3 Å². The van der Waals surface area contributed by atoms with E-state index in [0.29, 0.717) is 17.9 Å². The van der Waals surface area contributed by atoms with Crippen LogP contribution >= 0.6 is 15.9 Å². The number of carbonyl (C=O) groups is 1. The van der Waals surface area contributed by atoms with Gasteiger partial charge >= 0.3 is 0 Å². The quantitative estimate of drug-likeness (QED) is 0.596. The number of hydrogen-bond acceptors (Lipinski definition) is 3. The zero-order chi connectivity index (χ0) is 12.0. The van der Waals surface area contributed by atoms with Crippen molar-refractivity contribution >= 4 is 21.7 Å². The largest absolute Gasteiger partial charge is 0.494 e. The van der Waals surface area contributed by atoms with Gasteiger partial charge in [-0.3, -0.25) is 4.79 Å². The first-order chi connectivity index (χ1) is 7.69. The average molecular weight is 287 g/mol. The highest BCUT2D eigenvalue weighted by molar-refractivity contribution is 9.09. The van der Waals surface area contributed by atoms with E-state index in [4.69, 9.17) is 9.47 Å². The number of carbonyl (C=O) groups excluding carboxylic acids is 1. The molecule has 0 radical (unpaired) electrons. The van der Waals surface area contributed by atoms with E-state index in [2.05, 4.69) is 15.9 Å². The Kier molecular flexibility index (Phi) is 5.49. The molecule has 16 heavy (non-hydrogen) atoms. The Morgan fingerprint density at radius 2 is 2.25 bits per heavy atom. The van der Waals surface area contributed by atoms with Crippen molar-refractivity contribution in [2.24, 2.45) is 0 Å². The first-order valence-corrected chi connectivity index (χ1v) is 6.04. The minimum atomic E-state index is -0.603. The second-order valence-corrected chi connectivity index (χ2v) is 4.12. The number of alkyl halides is 1. The highest BCUT2D eigenvalue weighted by Gasteiger charge is 2.16. The molecule has 0 amide bonds. The second-order valence-electron chi connectivity index (χ2n) is 3.29. The van der Waals surface area contributed by atoms with Gasteiger partial charge < -0.3 is 9.47 Å². The fraction of sp³-hybridized carbons (Fsp3) is 0.417. The first kappa shape index (κ1) is 13.2. The summed E-state index contributed by atoms with van der Waals surface area (Å²) in [6.45, 7) is 2.69. The molecule has 0 spiro atoms. The number of hydrogen-bond donors (Lipinski definition) is 0. The lowest BCUT2D eigenvalue weighted by atomic mass is 10.1. The molecule has 4 heteroatoms. The van der Waals surface area contributed by atoms with Gasteiger partial charge in [-0.25, -0.2) is 0 Å². The molecule has 0 aliphatic rings. The van der Waals surface area contributed by atoms with E-state index in [0.717, 1.165) is 6.42 Å². The Bertz CT molecular complexity index is 352. The second kappa shape index (κ2) is 6.66. The lowest BCUT2D eigenvalue weighted by molar-refractivity contribution is 0.0804. The van der Waals surface area contributed by atoms with Crippen LogP contribution in [0.1, 0.15) is 23.7 Å². The van der Waals surface area contributed by atoms with Crippen molar-refractivity contribution in [1.82, 2.24) is 0 Å². The summed E-state index contributed by atoms with van der Waals surface area (Å²) >= 11 is 3.14. The molecule has 0 saturated carbocycles. The van der Waals surface area contributed by atoms with Crippen LogP contribution in [-0.2, 0) is 4.74 Å². The van der Waals surface area contributed by atoms with Crippen LogP contribution in [0, 0.1) is 0 Å². The van der Waals surface area contributed by atoms with Crippen molar-refractivity contribution in [3.63, 3.8) is 0 Å². The number of halogens is 1. The van der Waals surface area contributed by atoms with Crippen LogP contribution in [0.2, 0.25) is 0 Å². The molecule has 1 aromatic rings. The number of benzene rings is 1. The molecule has 0 aromatic heterocycles. The minimum absolute atomic E-state index is 0.107. The van der Waals surface area contributed by atoms with Crippen molar-refractivity contribution in [1.29, 1.82) is 0 Å². The summed E-state index contributed by atoms with van der Waals surface area (Å²) in [4.78, 5) is 11.8. The Hall–Kier alpha value is -0.870. The van der Waals surface area contributed by atoms with Gasteiger partial charge in [0.1, 0.15) is 5.75 Å². The van der Waals surface area contributed by atoms with Gasteiger partial charge in [0.2, 0.25) is 5.78 Å². The third-order valence-corrected chi connectivity index (χ3v) is 2.79. The maximum absolute atomic E-state index is 11.8. The standard InChI is InChI=1S/C12H15BrO3/c1-3-7-16-10-6-4-5-9(8-10)11(14)12(13)15-2/h4-6,8,12H,3,7H2,1-2H3. The van der Waals surface area contributed by atoms with Crippen molar-refractivity contribution in [3.05, 3.63) is 29.8 Å². The molecule has 0 aliphatic carbocycles. The van der Waals surface area contributed by atoms with Crippen LogP contribution in [0.25, 0.3) is 0 Å². The number of Topliss-reactive ketones (excluding diaryl/α,β-unsaturated/α-hetero) is 1. The normalized spacial score (nSPS) is 12.2. The SMILES string of the molecule is CCCOc1cccc(C(=O)C(Br)OC)c1. The Morgan fingerprint density at radius 3 is 2.88 bits per heavy atom. The Morgan fingerprint density at radius 1 is 1.50 bits per heavy atom. The third-order valence-electron chi connectivity index (χ3n) is 2.00. The van der Waals surface area contributed by atoms with E-state index in [1.165, 1.54) is 7.11 Å². The zero-order valence-electron chi connectivity index (χ0n) is 9.40. The van der Waals surface area contributed by atoms with Crippen molar-refractivity contribution < 1.29 is 14.3 Å². The van der Waals surface area contributed by atoms with Gasteiger partial charge in [0.25, 0.3) is 0 Å². The van der Waals surface area contributed by atoms with Gasteiger partial charge in [-0.15, -0.1) is 0 Å². The molecule has 0 bridgehead atoms. The van der Waals surface area contributed by atoms with E-state index in [-0.39, 0.29) is 5.78 Å². The lowest BCUT2D eigenvalue weighted by Crippen LogP contribution is -2.15. The summed E-state index contributed by atoms with van der Waals surface area (Å²) in [6, 6.07) is 7.11. The van der Waals surface area contributed by atoms with Gasteiger partial charge in [0, 0.05) is 12.7 Å². The first-order valence-electron chi connectivity index (χ1n) is 5.13. The molecule has 0 heterocycles. The van der Waals surface area contributed by atoms with E-state index in [1.54, 1.807) is 18.2 Å². The topological polar surface area (TPSA) is 35.5 Å². The van der Waals surface area contributed by atoms with Crippen molar-refractivity contribution in [3.8, 4) is 5.75 Å². The van der Waals surface area contributed by atoms with Gasteiger partial charge in [0.15, 0.2) is 5.01 Å². The zero-order valence-corrected chi connectivity index (χ0v) is 11.0. The number of rotatable bonds is 6. The summed E-state index contributed by atoms with van der Waals surface area (Å²) < 4.78 is 10.4. The maximum Gasteiger partial charge on any atom is 0.202 e. The van der Waals surface area contributed by atoms with E-state index in [1.807, 2.05) is 13.0 Å². The van der Waals surface area contributed by atoms with E-state index in [9.17, 15) is 4.79 Å². The van der Waals surface area contributed by atoms with Crippen LogP contribution in [0.4, 0.5) is 0 Å².